The Labute approximate surface area is 147 Å². The predicted molar refractivity (Wildman–Crippen MR) is 99.6 cm³/mol. The van der Waals surface area contributed by atoms with Crippen LogP contribution in [-0.2, 0) is 11.2 Å². The first-order chi connectivity index (χ1) is 11.6. The second-order valence-electron chi connectivity index (χ2n) is 5.34. The molecule has 0 saturated heterocycles. The van der Waals surface area contributed by atoms with Crippen LogP contribution in [0.4, 0.5) is 5.69 Å². The second kappa shape index (κ2) is 9.13. The van der Waals surface area contributed by atoms with E-state index in [1.165, 1.54) is 17.4 Å². The van der Waals surface area contributed by atoms with E-state index in [9.17, 15) is 9.59 Å². The zero-order chi connectivity index (χ0) is 17.4. The third-order valence-electron chi connectivity index (χ3n) is 3.38. The summed E-state index contributed by atoms with van der Waals surface area (Å²) in [5.41, 5.74) is 2.36. The molecule has 0 radical (unpaired) electrons. The van der Waals surface area contributed by atoms with E-state index in [1.807, 2.05) is 11.8 Å². The Hall–Kier alpha value is -2.27. The SMILES string of the molecule is CCSc1ccc(CCNC(=O)c2cccc(NC(C)=O)c2)cc1. The summed E-state index contributed by atoms with van der Waals surface area (Å²) in [6.07, 6.45) is 0.786. The maximum atomic E-state index is 12.2. The Kier molecular flexibility index (Phi) is 6.88. The van der Waals surface area contributed by atoms with Gasteiger partial charge in [0, 0.05) is 29.6 Å². The maximum Gasteiger partial charge on any atom is 0.251 e. The first-order valence-corrected chi connectivity index (χ1v) is 8.94. The maximum absolute atomic E-state index is 12.2. The summed E-state index contributed by atoms with van der Waals surface area (Å²) in [6.45, 7) is 4.15. The van der Waals surface area contributed by atoms with Crippen molar-refractivity contribution in [3.8, 4) is 0 Å². The lowest BCUT2D eigenvalue weighted by atomic mass is 10.1. The summed E-state index contributed by atoms with van der Waals surface area (Å²) in [4.78, 5) is 24.5. The van der Waals surface area contributed by atoms with E-state index in [-0.39, 0.29) is 11.8 Å². The Bertz CT molecular complexity index is 699. The number of thioether (sulfide) groups is 1. The second-order valence-corrected chi connectivity index (χ2v) is 6.68. The van der Waals surface area contributed by atoms with Crippen LogP contribution in [0, 0.1) is 0 Å². The zero-order valence-corrected chi connectivity index (χ0v) is 14.8. The van der Waals surface area contributed by atoms with Gasteiger partial charge in [0.15, 0.2) is 0 Å². The molecule has 0 fully saturated rings. The molecule has 0 aliphatic carbocycles. The lowest BCUT2D eigenvalue weighted by Gasteiger charge is -2.08. The molecule has 0 bridgehead atoms. The minimum atomic E-state index is -0.155. The number of amides is 2. The van der Waals surface area contributed by atoms with Crippen molar-refractivity contribution in [3.05, 3.63) is 59.7 Å². The molecule has 2 amide bonds. The highest BCUT2D eigenvalue weighted by atomic mass is 32.2. The van der Waals surface area contributed by atoms with Gasteiger partial charge in [0.25, 0.3) is 5.91 Å². The highest BCUT2D eigenvalue weighted by Crippen LogP contribution is 2.17. The summed E-state index contributed by atoms with van der Waals surface area (Å²) in [7, 11) is 0. The third kappa shape index (κ3) is 5.74. The molecule has 0 aliphatic heterocycles. The van der Waals surface area contributed by atoms with Crippen LogP contribution in [0.1, 0.15) is 29.8 Å². The zero-order valence-electron chi connectivity index (χ0n) is 14.0. The van der Waals surface area contributed by atoms with Gasteiger partial charge in [-0.15, -0.1) is 11.8 Å². The predicted octanol–water partition coefficient (Wildman–Crippen LogP) is 3.73. The van der Waals surface area contributed by atoms with Crippen molar-refractivity contribution in [2.75, 3.05) is 17.6 Å². The molecular formula is C19H22N2O2S. The average molecular weight is 342 g/mol. The van der Waals surface area contributed by atoms with Crippen molar-refractivity contribution in [2.45, 2.75) is 25.2 Å². The highest BCUT2D eigenvalue weighted by Gasteiger charge is 2.06. The van der Waals surface area contributed by atoms with Gasteiger partial charge >= 0.3 is 0 Å². The first kappa shape index (κ1) is 18.1. The standard InChI is InChI=1S/C19H22N2O2S/c1-3-24-18-9-7-15(8-10-18)11-12-20-19(23)16-5-4-6-17(13-16)21-14(2)22/h4-10,13H,3,11-12H2,1-2H3,(H,20,23)(H,21,22). The lowest BCUT2D eigenvalue weighted by molar-refractivity contribution is -0.114. The molecule has 0 aromatic heterocycles. The number of carbonyl (C=O) groups is 2. The van der Waals surface area contributed by atoms with Gasteiger partial charge < -0.3 is 10.6 Å². The number of hydrogen-bond donors (Lipinski definition) is 2. The number of carbonyl (C=O) groups excluding carboxylic acids is 2. The molecule has 0 heterocycles. The van der Waals surface area contributed by atoms with Crippen LogP contribution in [0.5, 0.6) is 0 Å². The topological polar surface area (TPSA) is 58.2 Å². The van der Waals surface area contributed by atoms with E-state index in [4.69, 9.17) is 0 Å². The molecule has 5 heteroatoms. The van der Waals surface area contributed by atoms with Crippen LogP contribution < -0.4 is 10.6 Å². The number of benzene rings is 2. The van der Waals surface area contributed by atoms with Crippen molar-refractivity contribution in [3.63, 3.8) is 0 Å². The molecule has 2 N–H and O–H groups in total. The summed E-state index contributed by atoms with van der Waals surface area (Å²) < 4.78 is 0. The fraction of sp³-hybridized carbons (Fsp3) is 0.263. The van der Waals surface area contributed by atoms with E-state index in [1.54, 1.807) is 24.3 Å². The van der Waals surface area contributed by atoms with Gasteiger partial charge in [-0.05, 0) is 48.1 Å². The minimum absolute atomic E-state index is 0.139. The number of hydrogen-bond acceptors (Lipinski definition) is 3. The third-order valence-corrected chi connectivity index (χ3v) is 4.27. The molecule has 0 aliphatic rings. The Morgan fingerprint density at radius 1 is 1.08 bits per heavy atom. The van der Waals surface area contributed by atoms with Gasteiger partial charge in [-0.3, -0.25) is 9.59 Å². The largest absolute Gasteiger partial charge is 0.352 e. The molecule has 0 spiro atoms. The number of nitrogens with one attached hydrogen (secondary N) is 2. The Morgan fingerprint density at radius 3 is 2.50 bits per heavy atom. The summed E-state index contributed by atoms with van der Waals surface area (Å²) >= 11 is 1.82. The molecule has 4 nitrogen and oxygen atoms in total. The quantitative estimate of drug-likeness (QED) is 0.754. The number of rotatable bonds is 7. The molecule has 2 rings (SSSR count). The summed E-state index contributed by atoms with van der Waals surface area (Å²) in [5, 5.41) is 5.59. The first-order valence-electron chi connectivity index (χ1n) is 7.96. The monoisotopic (exact) mass is 342 g/mol. The fourth-order valence-corrected chi connectivity index (χ4v) is 2.94. The molecule has 0 atom stereocenters. The Morgan fingerprint density at radius 2 is 1.83 bits per heavy atom. The van der Waals surface area contributed by atoms with E-state index >= 15 is 0 Å². The molecule has 2 aromatic carbocycles. The van der Waals surface area contributed by atoms with Gasteiger partial charge in [-0.2, -0.15) is 0 Å². The molecule has 0 unspecified atom stereocenters. The average Bonchev–Trinajstić information content (AvgIpc) is 2.56. The molecular weight excluding hydrogens is 320 g/mol. The lowest BCUT2D eigenvalue weighted by Crippen LogP contribution is -2.25. The van der Waals surface area contributed by atoms with E-state index in [0.717, 1.165) is 12.2 Å². The summed E-state index contributed by atoms with van der Waals surface area (Å²) in [6, 6.07) is 15.3. The van der Waals surface area contributed by atoms with Crippen molar-refractivity contribution in [2.24, 2.45) is 0 Å². The minimum Gasteiger partial charge on any atom is -0.352 e. The van der Waals surface area contributed by atoms with E-state index in [0.29, 0.717) is 17.8 Å². The molecule has 0 saturated carbocycles. The van der Waals surface area contributed by atoms with Crippen molar-refractivity contribution in [1.82, 2.24) is 5.32 Å². The van der Waals surface area contributed by atoms with Gasteiger partial charge in [-0.25, -0.2) is 0 Å². The van der Waals surface area contributed by atoms with Crippen LogP contribution >= 0.6 is 11.8 Å². The van der Waals surface area contributed by atoms with Crippen LogP contribution in [0.25, 0.3) is 0 Å². The van der Waals surface area contributed by atoms with E-state index < -0.39 is 0 Å². The van der Waals surface area contributed by atoms with Gasteiger partial charge in [0.1, 0.15) is 0 Å². The molecule has 24 heavy (non-hydrogen) atoms. The summed E-state index contributed by atoms with van der Waals surface area (Å²) in [5.74, 6) is 0.769. The van der Waals surface area contributed by atoms with Crippen LogP contribution in [0.3, 0.4) is 0 Å². The van der Waals surface area contributed by atoms with Crippen molar-refractivity contribution >= 4 is 29.3 Å². The normalized spacial score (nSPS) is 10.2. The van der Waals surface area contributed by atoms with Crippen molar-refractivity contribution < 1.29 is 9.59 Å². The van der Waals surface area contributed by atoms with E-state index in [2.05, 4.69) is 41.8 Å². The molecule has 2 aromatic rings. The highest BCUT2D eigenvalue weighted by molar-refractivity contribution is 7.99. The van der Waals surface area contributed by atoms with Crippen LogP contribution in [-0.4, -0.2) is 24.1 Å². The van der Waals surface area contributed by atoms with Crippen LogP contribution in [0.2, 0.25) is 0 Å². The fourth-order valence-electron chi connectivity index (χ4n) is 2.28. The van der Waals surface area contributed by atoms with Gasteiger partial charge in [-0.1, -0.05) is 25.1 Å². The smallest absolute Gasteiger partial charge is 0.251 e. The van der Waals surface area contributed by atoms with Crippen LogP contribution in [0.15, 0.2) is 53.4 Å². The molecule has 126 valence electrons. The number of anilines is 1. The van der Waals surface area contributed by atoms with Crippen molar-refractivity contribution in [1.29, 1.82) is 0 Å². The van der Waals surface area contributed by atoms with Gasteiger partial charge in [0.2, 0.25) is 5.91 Å². The van der Waals surface area contributed by atoms with Gasteiger partial charge in [0.05, 0.1) is 0 Å². The Balaban J connectivity index is 1.85.